The van der Waals surface area contributed by atoms with Gasteiger partial charge in [0, 0.05) is 12.0 Å². The molecule has 5 N–H and O–H groups in total. The van der Waals surface area contributed by atoms with E-state index in [0.29, 0.717) is 29.6 Å². The summed E-state index contributed by atoms with van der Waals surface area (Å²) < 4.78 is 6.36. The second-order valence-electron chi connectivity index (χ2n) is 19.4. The van der Waals surface area contributed by atoms with Crippen LogP contribution in [0.2, 0.25) is 0 Å². The number of aliphatic hydroxyl groups excluding tert-OH is 2. The summed E-state index contributed by atoms with van der Waals surface area (Å²) in [5.74, 6) is 1.71. The zero-order chi connectivity index (χ0) is 36.1. The van der Waals surface area contributed by atoms with E-state index in [1.54, 1.807) is 13.8 Å². The Morgan fingerprint density at radius 2 is 1.65 bits per heavy atom. The highest BCUT2D eigenvalue weighted by molar-refractivity contribution is 7.10. The molecule has 1 aromatic rings. The van der Waals surface area contributed by atoms with E-state index in [-0.39, 0.29) is 50.2 Å². The van der Waals surface area contributed by atoms with E-state index in [2.05, 4.69) is 48.1 Å². The molecule has 8 heteroatoms. The highest BCUT2D eigenvalue weighted by Crippen LogP contribution is 2.78. The number of carboxylic acid groups (broad SMARTS) is 1. The van der Waals surface area contributed by atoms with Gasteiger partial charge in [0.25, 0.3) is 0 Å². The van der Waals surface area contributed by atoms with E-state index in [4.69, 9.17) is 4.74 Å². The molecule has 49 heavy (non-hydrogen) atoms. The van der Waals surface area contributed by atoms with Gasteiger partial charge in [-0.25, -0.2) is 0 Å². The first-order valence-corrected chi connectivity index (χ1v) is 19.9. The van der Waals surface area contributed by atoms with Crippen molar-refractivity contribution in [1.29, 1.82) is 0 Å². The molecular formula is C41H64O7S. The van der Waals surface area contributed by atoms with Gasteiger partial charge in [-0.2, -0.15) is 0 Å². The zero-order valence-corrected chi connectivity index (χ0v) is 32.2. The molecule has 9 unspecified atom stereocenters. The van der Waals surface area contributed by atoms with Crippen LogP contribution in [0.3, 0.4) is 0 Å². The quantitative estimate of drug-likeness (QED) is 0.129. The molecule has 276 valence electrons. The topological polar surface area (TPSA) is 127 Å². The Morgan fingerprint density at radius 1 is 0.959 bits per heavy atom. The summed E-state index contributed by atoms with van der Waals surface area (Å²) in [5, 5.41) is 53.3. The Balaban J connectivity index is 1.27. The first kappa shape index (κ1) is 37.3. The average Bonchev–Trinajstić information content (AvgIpc) is 3.55. The van der Waals surface area contributed by atoms with Gasteiger partial charge in [-0.15, -0.1) is 11.3 Å². The lowest BCUT2D eigenvalue weighted by molar-refractivity contribution is -0.267. The normalized spacial score (nSPS) is 42.1. The van der Waals surface area contributed by atoms with Crippen molar-refractivity contribution in [3.63, 3.8) is 0 Å². The van der Waals surface area contributed by atoms with Crippen LogP contribution in [-0.2, 0) is 16.0 Å². The number of thiophene rings is 1. The number of carbonyl (C=O) groups is 1. The molecule has 7 nitrogen and oxygen atoms in total. The molecule has 6 rings (SSSR count). The molecule has 0 radical (unpaired) electrons. The number of aliphatic hydroxyl groups is 3. The summed E-state index contributed by atoms with van der Waals surface area (Å²) in [6.45, 7) is 22.5. The third-order valence-electron chi connectivity index (χ3n) is 16.4. The number of carboxylic acids is 1. The highest BCUT2D eigenvalue weighted by Gasteiger charge is 2.71. The van der Waals surface area contributed by atoms with E-state index in [9.17, 15) is 30.3 Å². The van der Waals surface area contributed by atoms with Crippen molar-refractivity contribution in [2.45, 2.75) is 151 Å². The van der Waals surface area contributed by atoms with Gasteiger partial charge in [0.1, 0.15) is 10.6 Å². The largest absolute Gasteiger partial charge is 0.506 e. The summed E-state index contributed by atoms with van der Waals surface area (Å²) in [6.07, 6.45) is 9.18. The van der Waals surface area contributed by atoms with E-state index >= 15 is 0 Å². The van der Waals surface area contributed by atoms with Gasteiger partial charge in [0.15, 0.2) is 12.6 Å². The first-order chi connectivity index (χ1) is 22.6. The van der Waals surface area contributed by atoms with Gasteiger partial charge in [-0.3, -0.25) is 4.79 Å². The van der Waals surface area contributed by atoms with Gasteiger partial charge in [0.05, 0.1) is 11.5 Å². The fourth-order valence-corrected chi connectivity index (χ4v) is 14.5. The number of fused-ring (bicyclic) bond motifs is 7. The number of allylic oxidation sites excluding steroid dienone is 1. The van der Waals surface area contributed by atoms with Gasteiger partial charge in [-0.1, -0.05) is 46.8 Å². The third-order valence-corrected chi connectivity index (χ3v) is 17.5. The number of hydrogen-bond donors (Lipinski definition) is 5. The lowest BCUT2D eigenvalue weighted by Gasteiger charge is -2.73. The minimum Gasteiger partial charge on any atom is -0.506 e. The van der Waals surface area contributed by atoms with Crippen molar-refractivity contribution in [1.82, 2.24) is 0 Å². The molecule has 0 bridgehead atoms. The van der Waals surface area contributed by atoms with Crippen LogP contribution in [0.25, 0.3) is 0 Å². The predicted molar refractivity (Wildman–Crippen MR) is 193 cm³/mol. The maximum absolute atomic E-state index is 11.7. The predicted octanol–water partition coefficient (Wildman–Crippen LogP) is 8.84. The van der Waals surface area contributed by atoms with Crippen LogP contribution >= 0.6 is 11.3 Å². The monoisotopic (exact) mass is 700 g/mol. The number of ether oxygens (including phenoxy) is 1. The van der Waals surface area contributed by atoms with Crippen LogP contribution in [0.15, 0.2) is 17.5 Å². The van der Waals surface area contributed by atoms with Gasteiger partial charge < -0.3 is 30.3 Å². The molecule has 5 fully saturated rings. The van der Waals surface area contributed by atoms with E-state index in [0.717, 1.165) is 50.5 Å². The molecule has 0 spiro atoms. The molecule has 11 atom stereocenters. The summed E-state index contributed by atoms with van der Waals surface area (Å²) in [6, 6.07) is 0. The number of rotatable bonds is 9. The third kappa shape index (κ3) is 5.59. The van der Waals surface area contributed by atoms with Gasteiger partial charge >= 0.3 is 5.97 Å². The van der Waals surface area contributed by atoms with Crippen LogP contribution in [-0.4, -0.2) is 43.9 Å². The number of aliphatic carboxylic acids is 1. The molecule has 5 aliphatic rings. The van der Waals surface area contributed by atoms with Crippen molar-refractivity contribution >= 4 is 17.3 Å². The maximum Gasteiger partial charge on any atom is 0.309 e. The molecule has 5 aliphatic carbocycles. The Hall–Kier alpha value is -1.45. The molecule has 0 aromatic carbocycles. The number of hydrogen-bond acceptors (Lipinski definition) is 7. The molecule has 0 amide bonds. The smallest absolute Gasteiger partial charge is 0.309 e. The summed E-state index contributed by atoms with van der Waals surface area (Å²) in [4.78, 5) is 12.0. The minimum absolute atomic E-state index is 0.0711. The van der Waals surface area contributed by atoms with Crippen molar-refractivity contribution in [3.8, 4) is 5.75 Å². The van der Waals surface area contributed by atoms with Crippen LogP contribution in [0, 0.1) is 62.1 Å². The van der Waals surface area contributed by atoms with Gasteiger partial charge in [0.2, 0.25) is 0 Å². The molecule has 0 saturated heterocycles. The Bertz CT molecular complexity index is 1450. The Morgan fingerprint density at radius 3 is 2.27 bits per heavy atom. The fourth-order valence-electron chi connectivity index (χ4n) is 13.7. The van der Waals surface area contributed by atoms with Crippen LogP contribution in [0.1, 0.15) is 143 Å². The standard InChI is InChI=1S/C41H64O7S/c1-23(2)25-12-17-41(20-24-22-49-33(32(24)43)34(44)45)19-18-39(8)26(31(25)41)10-11-28-38(7)15-14-29(48-30(42)21-36(3,4)35(46)47)37(5,6)27(38)13-16-40(28,39)9/h22,25-31,34,42-45H,1,10-21H2,2-9H3,(H,46,47)/t25?,26?,27?,28?,29?,30-,31?,38?,39+,40?,41?/m0/s1. The Kier molecular flexibility index (Phi) is 9.38. The maximum atomic E-state index is 11.7. The average molecular weight is 701 g/mol. The summed E-state index contributed by atoms with van der Waals surface area (Å²) in [5.41, 5.74) is 1.53. The van der Waals surface area contributed by atoms with E-state index < -0.39 is 24.0 Å². The summed E-state index contributed by atoms with van der Waals surface area (Å²) >= 11 is 1.25. The lowest BCUT2D eigenvalue weighted by atomic mass is 9.32. The summed E-state index contributed by atoms with van der Waals surface area (Å²) in [7, 11) is 0. The second-order valence-corrected chi connectivity index (χ2v) is 20.3. The van der Waals surface area contributed by atoms with Crippen LogP contribution < -0.4 is 0 Å². The van der Waals surface area contributed by atoms with Crippen molar-refractivity contribution in [3.05, 3.63) is 28.0 Å². The van der Waals surface area contributed by atoms with Crippen LogP contribution in [0.4, 0.5) is 0 Å². The first-order valence-electron chi connectivity index (χ1n) is 19.0. The highest BCUT2D eigenvalue weighted by atomic mass is 32.1. The Labute approximate surface area is 298 Å². The van der Waals surface area contributed by atoms with Crippen molar-refractivity contribution in [2.75, 3.05) is 0 Å². The molecule has 0 aliphatic heterocycles. The molecule has 1 heterocycles. The molecule has 1 aromatic heterocycles. The number of aromatic hydroxyl groups is 1. The molecule has 5 saturated carbocycles. The SMILES string of the molecule is C=C(C)C1CCC2(Cc3csc(C(O)O)c3O)CC[C@]3(C)C(CCC4C5(C)CCC(O[C@H](O)CC(C)(C)C(=O)O)C(C)(C)C5CCC43C)C12. The van der Waals surface area contributed by atoms with E-state index in [1.165, 1.54) is 42.6 Å². The van der Waals surface area contributed by atoms with Crippen molar-refractivity contribution in [2.24, 2.45) is 62.1 Å². The van der Waals surface area contributed by atoms with E-state index in [1.807, 2.05) is 5.38 Å². The second kappa shape index (κ2) is 12.3. The fraction of sp³-hybridized carbons (Fsp3) is 0.829. The van der Waals surface area contributed by atoms with Crippen molar-refractivity contribution < 1.29 is 35.1 Å². The minimum atomic E-state index is -1.65. The molecular weight excluding hydrogens is 637 g/mol. The van der Waals surface area contributed by atoms with Gasteiger partial charge in [-0.05, 0) is 153 Å². The lowest BCUT2D eigenvalue weighted by Crippen LogP contribution is -2.67. The van der Waals surface area contributed by atoms with Crippen LogP contribution in [0.5, 0.6) is 5.75 Å². The zero-order valence-electron chi connectivity index (χ0n) is 31.3.